The monoisotopic (exact) mass is 577 g/mol. The summed E-state index contributed by atoms with van der Waals surface area (Å²) in [5.41, 5.74) is 15.8. The smallest absolute Gasteiger partial charge is 0.0900 e. The van der Waals surface area contributed by atoms with E-state index >= 15 is 0 Å². The third-order valence-electron chi connectivity index (χ3n) is 9.03. The van der Waals surface area contributed by atoms with Gasteiger partial charge in [-0.05, 0) is 98.1 Å². The van der Waals surface area contributed by atoms with Crippen LogP contribution in [0.2, 0.25) is 0 Å². The maximum atomic E-state index is 4.97. The summed E-state index contributed by atoms with van der Waals surface area (Å²) in [5, 5.41) is 0. The van der Waals surface area contributed by atoms with Gasteiger partial charge in [-0.3, -0.25) is 9.97 Å². The van der Waals surface area contributed by atoms with Crippen molar-refractivity contribution >= 4 is 0 Å². The topological polar surface area (TPSA) is 38.7 Å². The Labute approximate surface area is 264 Å². The molecule has 45 heavy (non-hydrogen) atoms. The standard InChI is InChI=1S/C42H31N3/c1-42(2)36-14-6-5-13-34(36)35-22-21-30(25-37(35)42)28-17-19-29(20-18-28)32-11-3-4-12-33(32)31-26-40(38-15-7-9-23-43-38)45-41(27-31)39-16-8-10-24-44-39/h3-27H,1-2H3. The fraction of sp³-hybridized carbons (Fsp3) is 0.0714. The lowest BCUT2D eigenvalue weighted by molar-refractivity contribution is 0.660. The molecule has 3 nitrogen and oxygen atoms in total. The molecule has 0 saturated heterocycles. The molecule has 4 aromatic carbocycles. The van der Waals surface area contributed by atoms with Crippen LogP contribution in [-0.4, -0.2) is 15.0 Å². The number of aromatic nitrogens is 3. The van der Waals surface area contributed by atoms with Crippen LogP contribution in [0.4, 0.5) is 0 Å². The minimum atomic E-state index is -0.0202. The molecule has 0 bridgehead atoms. The highest BCUT2D eigenvalue weighted by Gasteiger charge is 2.35. The predicted molar refractivity (Wildman–Crippen MR) is 185 cm³/mol. The third-order valence-corrected chi connectivity index (χ3v) is 9.03. The Hall–Kier alpha value is -5.67. The van der Waals surface area contributed by atoms with Crippen molar-refractivity contribution in [3.63, 3.8) is 0 Å². The lowest BCUT2D eigenvalue weighted by Crippen LogP contribution is -2.14. The second kappa shape index (κ2) is 10.8. The van der Waals surface area contributed by atoms with Crippen molar-refractivity contribution in [3.8, 4) is 67.3 Å². The molecular weight excluding hydrogens is 546 g/mol. The van der Waals surface area contributed by atoms with Crippen LogP contribution in [0.25, 0.3) is 67.3 Å². The molecule has 1 aliphatic rings. The summed E-state index contributed by atoms with van der Waals surface area (Å²) in [6.07, 6.45) is 3.61. The van der Waals surface area contributed by atoms with Crippen molar-refractivity contribution in [2.24, 2.45) is 0 Å². The Morgan fingerprint density at radius 2 is 0.889 bits per heavy atom. The van der Waals surface area contributed by atoms with Crippen LogP contribution in [0, 0.1) is 0 Å². The first-order chi connectivity index (χ1) is 22.1. The van der Waals surface area contributed by atoms with Gasteiger partial charge in [0.2, 0.25) is 0 Å². The van der Waals surface area contributed by atoms with Gasteiger partial charge in [0.15, 0.2) is 0 Å². The highest BCUT2D eigenvalue weighted by atomic mass is 14.8. The van der Waals surface area contributed by atoms with E-state index in [-0.39, 0.29) is 5.41 Å². The zero-order valence-corrected chi connectivity index (χ0v) is 25.3. The Kier molecular flexibility index (Phi) is 6.46. The molecular formula is C42H31N3. The number of hydrogen-bond acceptors (Lipinski definition) is 3. The van der Waals surface area contributed by atoms with Crippen LogP contribution in [0.15, 0.2) is 152 Å². The molecule has 0 saturated carbocycles. The summed E-state index contributed by atoms with van der Waals surface area (Å²) < 4.78 is 0. The van der Waals surface area contributed by atoms with Gasteiger partial charge >= 0.3 is 0 Å². The van der Waals surface area contributed by atoms with Crippen LogP contribution in [0.5, 0.6) is 0 Å². The molecule has 7 aromatic rings. The van der Waals surface area contributed by atoms with Gasteiger partial charge in [0.25, 0.3) is 0 Å². The summed E-state index contributed by atoms with van der Waals surface area (Å²) in [4.78, 5) is 14.2. The lowest BCUT2D eigenvalue weighted by Gasteiger charge is -2.22. The molecule has 8 rings (SSSR count). The van der Waals surface area contributed by atoms with Gasteiger partial charge in [0.05, 0.1) is 22.8 Å². The first-order valence-corrected chi connectivity index (χ1v) is 15.4. The molecule has 0 N–H and O–H groups in total. The highest BCUT2D eigenvalue weighted by molar-refractivity contribution is 5.88. The Morgan fingerprint density at radius 3 is 1.51 bits per heavy atom. The van der Waals surface area contributed by atoms with E-state index in [4.69, 9.17) is 4.98 Å². The van der Waals surface area contributed by atoms with Crippen molar-refractivity contribution in [3.05, 3.63) is 163 Å². The quantitative estimate of drug-likeness (QED) is 0.204. The normalized spacial score (nSPS) is 12.8. The van der Waals surface area contributed by atoms with Crippen LogP contribution in [0.1, 0.15) is 25.0 Å². The van der Waals surface area contributed by atoms with Gasteiger partial charge in [-0.2, -0.15) is 0 Å². The van der Waals surface area contributed by atoms with Crippen molar-refractivity contribution in [2.45, 2.75) is 19.3 Å². The van der Waals surface area contributed by atoms with Crippen molar-refractivity contribution in [2.75, 3.05) is 0 Å². The number of pyridine rings is 3. The molecule has 3 aromatic heterocycles. The van der Waals surface area contributed by atoms with Gasteiger partial charge in [-0.25, -0.2) is 4.98 Å². The molecule has 3 heterocycles. The zero-order valence-electron chi connectivity index (χ0n) is 25.3. The zero-order chi connectivity index (χ0) is 30.4. The highest BCUT2D eigenvalue weighted by Crippen LogP contribution is 2.49. The maximum Gasteiger partial charge on any atom is 0.0900 e. The molecule has 0 aliphatic heterocycles. The summed E-state index contributed by atoms with van der Waals surface area (Å²) >= 11 is 0. The average molecular weight is 578 g/mol. The van der Waals surface area contributed by atoms with Gasteiger partial charge < -0.3 is 0 Å². The first-order valence-electron chi connectivity index (χ1n) is 15.4. The van der Waals surface area contributed by atoms with Crippen LogP contribution >= 0.6 is 0 Å². The summed E-state index contributed by atoms with van der Waals surface area (Å²) in [7, 11) is 0. The van der Waals surface area contributed by atoms with Crippen LogP contribution < -0.4 is 0 Å². The van der Waals surface area contributed by atoms with E-state index in [0.29, 0.717) is 0 Å². The van der Waals surface area contributed by atoms with Gasteiger partial charge in [-0.15, -0.1) is 0 Å². The van der Waals surface area contributed by atoms with Crippen molar-refractivity contribution in [1.82, 2.24) is 15.0 Å². The lowest BCUT2D eigenvalue weighted by atomic mass is 9.81. The third kappa shape index (κ3) is 4.74. The SMILES string of the molecule is CC1(C)c2ccccc2-c2ccc(-c3ccc(-c4ccccc4-c4cc(-c5ccccn5)nc(-c5ccccn5)c4)cc3)cc21. The average Bonchev–Trinajstić information content (AvgIpc) is 3.34. The number of benzene rings is 4. The number of nitrogens with zero attached hydrogens (tertiary/aromatic N) is 3. The minimum absolute atomic E-state index is 0.0202. The van der Waals surface area contributed by atoms with E-state index in [2.05, 4.69) is 127 Å². The molecule has 0 radical (unpaired) electrons. The molecule has 0 atom stereocenters. The molecule has 0 fully saturated rings. The summed E-state index contributed by atoms with van der Waals surface area (Å²) in [6, 6.07) is 49.4. The van der Waals surface area contributed by atoms with Gasteiger partial charge in [0, 0.05) is 17.8 Å². The fourth-order valence-electron chi connectivity index (χ4n) is 6.69. The molecule has 0 spiro atoms. The van der Waals surface area contributed by atoms with E-state index in [1.807, 2.05) is 36.4 Å². The second-order valence-electron chi connectivity index (χ2n) is 12.1. The van der Waals surface area contributed by atoms with Gasteiger partial charge in [-0.1, -0.05) is 111 Å². The van der Waals surface area contributed by atoms with Crippen molar-refractivity contribution in [1.29, 1.82) is 0 Å². The molecule has 214 valence electrons. The number of rotatable bonds is 5. The Morgan fingerprint density at radius 1 is 0.378 bits per heavy atom. The molecule has 0 amide bonds. The van der Waals surface area contributed by atoms with E-state index in [1.54, 1.807) is 12.4 Å². The van der Waals surface area contributed by atoms with E-state index in [0.717, 1.165) is 33.9 Å². The first kappa shape index (κ1) is 26.9. The van der Waals surface area contributed by atoms with E-state index < -0.39 is 0 Å². The Bertz CT molecular complexity index is 2110. The molecule has 3 heteroatoms. The summed E-state index contributed by atoms with van der Waals surface area (Å²) in [6.45, 7) is 4.66. The number of hydrogen-bond donors (Lipinski definition) is 0. The maximum absolute atomic E-state index is 4.97. The Balaban J connectivity index is 1.19. The second-order valence-corrected chi connectivity index (χ2v) is 12.1. The van der Waals surface area contributed by atoms with Crippen molar-refractivity contribution < 1.29 is 0 Å². The summed E-state index contributed by atoms with van der Waals surface area (Å²) in [5.74, 6) is 0. The number of fused-ring (bicyclic) bond motifs is 3. The van der Waals surface area contributed by atoms with Crippen LogP contribution in [-0.2, 0) is 5.41 Å². The molecule has 0 unspecified atom stereocenters. The van der Waals surface area contributed by atoms with Crippen LogP contribution in [0.3, 0.4) is 0 Å². The van der Waals surface area contributed by atoms with Gasteiger partial charge in [0.1, 0.15) is 0 Å². The van der Waals surface area contributed by atoms with E-state index in [1.165, 1.54) is 44.5 Å². The largest absolute Gasteiger partial charge is 0.255 e. The fourth-order valence-corrected chi connectivity index (χ4v) is 6.69. The molecule has 1 aliphatic carbocycles. The van der Waals surface area contributed by atoms with E-state index in [9.17, 15) is 0 Å². The minimum Gasteiger partial charge on any atom is -0.255 e. The predicted octanol–water partition coefficient (Wildman–Crippen LogP) is 10.5.